The molecule has 1 aliphatic rings. The average Bonchev–Trinajstić information content (AvgIpc) is 2.83. The van der Waals surface area contributed by atoms with Crippen molar-refractivity contribution in [3.05, 3.63) is 52.9 Å². The lowest BCUT2D eigenvalue weighted by Crippen LogP contribution is -2.27. The molecule has 1 fully saturated rings. The fraction of sp³-hybridized carbons (Fsp3) is 0.0588. The fourth-order valence-electron chi connectivity index (χ4n) is 2.26. The largest absolute Gasteiger partial charge is 0.508 e. The van der Waals surface area contributed by atoms with E-state index in [1.54, 1.807) is 30.3 Å². The molecule has 6 nitrogen and oxygen atoms in total. The van der Waals surface area contributed by atoms with Crippen molar-refractivity contribution < 1.29 is 24.5 Å². The Morgan fingerprint density at radius 3 is 2.62 bits per heavy atom. The van der Waals surface area contributed by atoms with Crippen LogP contribution >= 0.6 is 11.8 Å². The number of phenolic OH excluding ortho intramolecular Hbond substituents is 2. The summed E-state index contributed by atoms with van der Waals surface area (Å²) in [5, 5.41) is 18.7. The molecule has 122 valence electrons. The van der Waals surface area contributed by atoms with Gasteiger partial charge in [0.05, 0.1) is 17.7 Å². The van der Waals surface area contributed by atoms with Gasteiger partial charge in [-0.25, -0.2) is 4.90 Å². The van der Waals surface area contributed by atoms with Crippen LogP contribution in [0.2, 0.25) is 0 Å². The lowest BCUT2D eigenvalue weighted by molar-refractivity contribution is -0.113. The molecule has 0 aromatic heterocycles. The van der Waals surface area contributed by atoms with Crippen LogP contribution in [0.25, 0.3) is 6.08 Å². The van der Waals surface area contributed by atoms with Gasteiger partial charge < -0.3 is 14.9 Å². The number of anilines is 1. The third-order valence-corrected chi connectivity index (χ3v) is 4.25. The second-order valence-electron chi connectivity index (χ2n) is 4.97. The Hall–Kier alpha value is -2.93. The third kappa shape index (κ3) is 2.93. The van der Waals surface area contributed by atoms with E-state index in [2.05, 4.69) is 0 Å². The summed E-state index contributed by atoms with van der Waals surface area (Å²) in [5.74, 6) is -0.236. The average molecular weight is 343 g/mol. The van der Waals surface area contributed by atoms with Crippen molar-refractivity contribution in [3.63, 3.8) is 0 Å². The number of amides is 2. The first kappa shape index (κ1) is 15.9. The highest BCUT2D eigenvalue weighted by Gasteiger charge is 2.36. The molecule has 2 amide bonds. The zero-order valence-electron chi connectivity index (χ0n) is 12.6. The summed E-state index contributed by atoms with van der Waals surface area (Å²) in [6.07, 6.45) is 1.55. The van der Waals surface area contributed by atoms with E-state index in [4.69, 9.17) is 4.74 Å². The first-order valence-electron chi connectivity index (χ1n) is 6.93. The zero-order valence-corrected chi connectivity index (χ0v) is 13.4. The van der Waals surface area contributed by atoms with Crippen LogP contribution in [0.1, 0.15) is 5.56 Å². The molecule has 7 heteroatoms. The summed E-state index contributed by atoms with van der Waals surface area (Å²) in [5.41, 5.74) is 0.926. The van der Waals surface area contributed by atoms with E-state index in [1.165, 1.54) is 25.3 Å². The van der Waals surface area contributed by atoms with E-state index in [9.17, 15) is 19.8 Å². The Morgan fingerprint density at radius 2 is 1.92 bits per heavy atom. The summed E-state index contributed by atoms with van der Waals surface area (Å²) < 4.78 is 5.03. The molecule has 0 radical (unpaired) electrons. The quantitative estimate of drug-likeness (QED) is 0.831. The van der Waals surface area contributed by atoms with Crippen LogP contribution in [0.3, 0.4) is 0 Å². The molecule has 0 unspecified atom stereocenters. The number of imide groups is 1. The molecule has 0 bridgehead atoms. The minimum atomic E-state index is -0.470. The molecule has 3 rings (SSSR count). The highest BCUT2D eigenvalue weighted by Crippen LogP contribution is 2.37. The van der Waals surface area contributed by atoms with Gasteiger partial charge in [0, 0.05) is 6.07 Å². The molecule has 1 aliphatic heterocycles. The van der Waals surface area contributed by atoms with Gasteiger partial charge in [-0.15, -0.1) is 0 Å². The number of nitrogens with zero attached hydrogens (tertiary/aromatic N) is 1. The Labute approximate surface area is 142 Å². The SMILES string of the molecule is COc1cc(C=C2SC(=O)N(c3cccc(O)c3)C2=O)ccc1O. The van der Waals surface area contributed by atoms with Gasteiger partial charge in [-0.3, -0.25) is 9.59 Å². The number of carbonyl (C=O) groups is 2. The van der Waals surface area contributed by atoms with Gasteiger partial charge in [0.1, 0.15) is 5.75 Å². The maximum atomic E-state index is 12.5. The van der Waals surface area contributed by atoms with Gasteiger partial charge in [0.25, 0.3) is 11.1 Å². The van der Waals surface area contributed by atoms with E-state index in [-0.39, 0.29) is 22.2 Å². The van der Waals surface area contributed by atoms with Crippen molar-refractivity contribution in [1.82, 2.24) is 0 Å². The molecule has 2 aromatic rings. The highest BCUT2D eigenvalue weighted by atomic mass is 32.2. The number of hydrogen-bond donors (Lipinski definition) is 2. The topological polar surface area (TPSA) is 87.1 Å². The second-order valence-corrected chi connectivity index (χ2v) is 5.96. The van der Waals surface area contributed by atoms with Gasteiger partial charge in [0.2, 0.25) is 0 Å². The van der Waals surface area contributed by atoms with Crippen molar-refractivity contribution in [2.24, 2.45) is 0 Å². The van der Waals surface area contributed by atoms with E-state index in [1.807, 2.05) is 0 Å². The molecular weight excluding hydrogens is 330 g/mol. The van der Waals surface area contributed by atoms with E-state index in [0.717, 1.165) is 16.7 Å². The molecule has 2 aromatic carbocycles. The van der Waals surface area contributed by atoms with Crippen molar-refractivity contribution in [3.8, 4) is 17.2 Å². The zero-order chi connectivity index (χ0) is 17.3. The first-order valence-corrected chi connectivity index (χ1v) is 7.75. The van der Waals surface area contributed by atoms with Crippen LogP contribution in [0.5, 0.6) is 17.2 Å². The molecule has 2 N–H and O–H groups in total. The van der Waals surface area contributed by atoms with Gasteiger partial charge in [-0.2, -0.15) is 0 Å². The monoisotopic (exact) mass is 343 g/mol. The van der Waals surface area contributed by atoms with E-state index >= 15 is 0 Å². The fourth-order valence-corrected chi connectivity index (χ4v) is 3.10. The first-order chi connectivity index (χ1) is 11.5. The number of phenols is 2. The number of rotatable bonds is 3. The summed E-state index contributed by atoms with van der Waals surface area (Å²) >= 11 is 0.809. The van der Waals surface area contributed by atoms with E-state index < -0.39 is 11.1 Å². The lowest BCUT2D eigenvalue weighted by Gasteiger charge is -2.12. The van der Waals surface area contributed by atoms with Gasteiger partial charge >= 0.3 is 0 Å². The van der Waals surface area contributed by atoms with Crippen LogP contribution in [0.4, 0.5) is 10.5 Å². The van der Waals surface area contributed by atoms with Crippen LogP contribution in [-0.4, -0.2) is 28.5 Å². The Morgan fingerprint density at radius 1 is 1.12 bits per heavy atom. The Kier molecular flexibility index (Phi) is 4.18. The number of aromatic hydroxyl groups is 2. The molecule has 1 saturated heterocycles. The van der Waals surface area contributed by atoms with Gasteiger partial charge in [-0.05, 0) is 47.7 Å². The Bertz CT molecular complexity index is 862. The van der Waals surface area contributed by atoms with Crippen LogP contribution < -0.4 is 9.64 Å². The minimum Gasteiger partial charge on any atom is -0.508 e. The molecule has 0 atom stereocenters. The number of carbonyl (C=O) groups excluding carboxylic acids is 2. The third-order valence-electron chi connectivity index (χ3n) is 3.38. The number of hydrogen-bond acceptors (Lipinski definition) is 6. The predicted molar refractivity (Wildman–Crippen MR) is 91.2 cm³/mol. The molecule has 0 saturated carbocycles. The lowest BCUT2D eigenvalue weighted by atomic mass is 10.2. The van der Waals surface area contributed by atoms with E-state index in [0.29, 0.717) is 11.3 Å². The standard InChI is InChI=1S/C17H13NO5S/c1-23-14-7-10(5-6-13(14)20)8-15-16(21)18(17(22)24-15)11-3-2-4-12(19)9-11/h2-9,19-20H,1H3. The van der Waals surface area contributed by atoms with Crippen molar-refractivity contribution in [2.45, 2.75) is 0 Å². The molecule has 24 heavy (non-hydrogen) atoms. The van der Waals surface area contributed by atoms with Gasteiger partial charge in [-0.1, -0.05) is 12.1 Å². The summed E-state index contributed by atoms with van der Waals surface area (Å²) in [6, 6.07) is 10.6. The second kappa shape index (κ2) is 6.29. The number of benzene rings is 2. The number of ether oxygens (including phenoxy) is 1. The summed E-state index contributed by atoms with van der Waals surface area (Å²) in [4.78, 5) is 25.9. The Balaban J connectivity index is 1.94. The highest BCUT2D eigenvalue weighted by molar-refractivity contribution is 8.19. The summed E-state index contributed by atoms with van der Waals surface area (Å²) in [7, 11) is 1.43. The molecule has 0 spiro atoms. The van der Waals surface area contributed by atoms with Gasteiger partial charge in [0.15, 0.2) is 11.5 Å². The molecule has 1 heterocycles. The summed E-state index contributed by atoms with van der Waals surface area (Å²) in [6.45, 7) is 0. The minimum absolute atomic E-state index is 0.0116. The normalized spacial score (nSPS) is 16.0. The van der Waals surface area contributed by atoms with Crippen molar-refractivity contribution in [2.75, 3.05) is 12.0 Å². The van der Waals surface area contributed by atoms with Crippen molar-refractivity contribution >= 4 is 34.7 Å². The number of thioether (sulfide) groups is 1. The van der Waals surface area contributed by atoms with Crippen LogP contribution in [0, 0.1) is 0 Å². The van der Waals surface area contributed by atoms with Crippen LogP contribution in [-0.2, 0) is 4.79 Å². The number of methoxy groups -OCH3 is 1. The van der Waals surface area contributed by atoms with Crippen LogP contribution in [0.15, 0.2) is 47.4 Å². The maximum Gasteiger partial charge on any atom is 0.298 e. The predicted octanol–water partition coefficient (Wildman–Crippen LogP) is 3.35. The molecular formula is C17H13NO5S. The smallest absolute Gasteiger partial charge is 0.298 e. The molecule has 0 aliphatic carbocycles. The maximum absolute atomic E-state index is 12.5. The van der Waals surface area contributed by atoms with Crippen molar-refractivity contribution in [1.29, 1.82) is 0 Å².